The van der Waals surface area contributed by atoms with Crippen molar-refractivity contribution in [2.24, 2.45) is 11.3 Å². The van der Waals surface area contributed by atoms with Gasteiger partial charge in [0, 0.05) is 51.5 Å². The molecule has 3 heterocycles. The van der Waals surface area contributed by atoms with Crippen LogP contribution in [0.4, 0.5) is 0 Å². The number of piperidine rings is 1. The van der Waals surface area contributed by atoms with Crippen molar-refractivity contribution in [2.75, 3.05) is 45.8 Å². The van der Waals surface area contributed by atoms with Crippen LogP contribution in [0.15, 0.2) is 24.3 Å². The van der Waals surface area contributed by atoms with Crippen LogP contribution in [0.5, 0.6) is 0 Å². The molecule has 164 valence electrons. The molecule has 30 heavy (non-hydrogen) atoms. The van der Waals surface area contributed by atoms with E-state index < -0.39 is 0 Å². The average molecular weight is 413 g/mol. The lowest BCUT2D eigenvalue weighted by Gasteiger charge is -2.45. The van der Waals surface area contributed by atoms with Crippen molar-refractivity contribution in [3.05, 3.63) is 35.4 Å². The van der Waals surface area contributed by atoms with E-state index in [4.69, 9.17) is 0 Å². The summed E-state index contributed by atoms with van der Waals surface area (Å²) in [6, 6.07) is 8.64. The van der Waals surface area contributed by atoms with Crippen molar-refractivity contribution in [2.45, 2.75) is 45.6 Å². The number of amides is 2. The Morgan fingerprint density at radius 2 is 2.07 bits per heavy atom. The highest BCUT2D eigenvalue weighted by molar-refractivity contribution is 5.78. The third-order valence-electron chi connectivity index (χ3n) is 7.06. The van der Waals surface area contributed by atoms with Crippen LogP contribution in [-0.2, 0) is 22.6 Å². The summed E-state index contributed by atoms with van der Waals surface area (Å²) in [6.07, 6.45) is 5.08. The van der Waals surface area contributed by atoms with Crippen molar-refractivity contribution in [1.29, 1.82) is 0 Å². The van der Waals surface area contributed by atoms with Gasteiger partial charge in [0.25, 0.3) is 0 Å². The van der Waals surface area contributed by atoms with Crippen LogP contribution in [-0.4, -0.2) is 67.4 Å². The molecule has 2 atom stereocenters. The number of rotatable bonds is 5. The second-order valence-corrected chi connectivity index (χ2v) is 9.63. The number of likely N-dealkylation sites (tertiary alicyclic amines) is 1. The van der Waals surface area contributed by atoms with E-state index in [1.54, 1.807) is 0 Å². The van der Waals surface area contributed by atoms with Crippen molar-refractivity contribution < 1.29 is 9.59 Å². The van der Waals surface area contributed by atoms with Gasteiger partial charge in [0.15, 0.2) is 0 Å². The van der Waals surface area contributed by atoms with E-state index in [-0.39, 0.29) is 17.2 Å². The molecule has 6 nitrogen and oxygen atoms in total. The molecule has 0 aromatic heterocycles. The van der Waals surface area contributed by atoms with Gasteiger partial charge < -0.3 is 20.4 Å². The van der Waals surface area contributed by atoms with Gasteiger partial charge in [-0.3, -0.25) is 9.59 Å². The second-order valence-electron chi connectivity index (χ2n) is 9.63. The van der Waals surface area contributed by atoms with Crippen LogP contribution in [0.2, 0.25) is 0 Å². The van der Waals surface area contributed by atoms with E-state index in [9.17, 15) is 9.59 Å². The standard InChI is InChI=1S/C24H36N4O2/c1-19(29)26-11-8-23(30)28-16-22-6-3-2-5-21(22)13-24(18-28)9-4-12-27(17-24)15-20-7-10-25-14-20/h2-3,5-6,20,25H,4,7-18H2,1H3,(H,26,29). The second kappa shape index (κ2) is 9.48. The molecule has 4 rings (SSSR count). The van der Waals surface area contributed by atoms with Crippen LogP contribution >= 0.6 is 0 Å². The summed E-state index contributed by atoms with van der Waals surface area (Å²) in [4.78, 5) is 29.0. The third-order valence-corrected chi connectivity index (χ3v) is 7.06. The first kappa shape index (κ1) is 21.3. The number of hydrogen-bond acceptors (Lipinski definition) is 4. The maximum absolute atomic E-state index is 13.1. The zero-order chi connectivity index (χ0) is 21.0. The van der Waals surface area contributed by atoms with Crippen LogP contribution in [0, 0.1) is 11.3 Å². The van der Waals surface area contributed by atoms with Crippen LogP contribution in [0.25, 0.3) is 0 Å². The Morgan fingerprint density at radius 1 is 1.23 bits per heavy atom. The first-order valence-electron chi connectivity index (χ1n) is 11.6. The van der Waals surface area contributed by atoms with Gasteiger partial charge in [-0.15, -0.1) is 0 Å². The van der Waals surface area contributed by atoms with E-state index in [0.29, 0.717) is 19.5 Å². The molecule has 1 aromatic rings. The molecule has 3 aliphatic rings. The van der Waals surface area contributed by atoms with Gasteiger partial charge in [-0.2, -0.15) is 0 Å². The van der Waals surface area contributed by atoms with Gasteiger partial charge in [-0.05, 0) is 62.4 Å². The minimum atomic E-state index is -0.0789. The smallest absolute Gasteiger partial charge is 0.224 e. The van der Waals surface area contributed by atoms with E-state index in [1.165, 1.54) is 50.4 Å². The molecule has 6 heteroatoms. The molecule has 2 amide bonds. The Labute approximate surface area is 180 Å². The highest BCUT2D eigenvalue weighted by atomic mass is 16.2. The minimum absolute atomic E-state index is 0.0789. The van der Waals surface area contributed by atoms with Gasteiger partial charge in [-0.25, -0.2) is 0 Å². The predicted octanol–water partition coefficient (Wildman–Crippen LogP) is 1.79. The van der Waals surface area contributed by atoms with Crippen LogP contribution in [0.3, 0.4) is 0 Å². The summed E-state index contributed by atoms with van der Waals surface area (Å²) in [5, 5.41) is 6.26. The molecule has 0 radical (unpaired) electrons. The fourth-order valence-corrected chi connectivity index (χ4v) is 5.67. The number of carbonyl (C=O) groups is 2. The van der Waals surface area contributed by atoms with Crippen LogP contribution in [0.1, 0.15) is 43.7 Å². The number of hydrogen-bond donors (Lipinski definition) is 2. The normalized spacial score (nSPS) is 27.0. The Bertz CT molecular complexity index is 761. The number of benzene rings is 1. The molecule has 1 aromatic carbocycles. The van der Waals surface area contributed by atoms with E-state index in [2.05, 4.69) is 44.7 Å². The molecule has 2 fully saturated rings. The van der Waals surface area contributed by atoms with Gasteiger partial charge in [-0.1, -0.05) is 24.3 Å². The monoisotopic (exact) mass is 412 g/mol. The van der Waals surface area contributed by atoms with Crippen LogP contribution < -0.4 is 10.6 Å². The van der Waals surface area contributed by atoms with Gasteiger partial charge >= 0.3 is 0 Å². The highest BCUT2D eigenvalue weighted by Gasteiger charge is 2.41. The predicted molar refractivity (Wildman–Crippen MR) is 118 cm³/mol. The van der Waals surface area contributed by atoms with E-state index in [0.717, 1.165) is 38.5 Å². The first-order valence-corrected chi connectivity index (χ1v) is 11.6. The molecule has 1 spiro atoms. The quantitative estimate of drug-likeness (QED) is 0.774. The minimum Gasteiger partial charge on any atom is -0.356 e. The molecule has 2 unspecified atom stereocenters. The van der Waals surface area contributed by atoms with Gasteiger partial charge in [0.2, 0.25) is 11.8 Å². The Kier molecular flexibility index (Phi) is 6.74. The summed E-state index contributed by atoms with van der Waals surface area (Å²) in [5.74, 6) is 0.829. The summed E-state index contributed by atoms with van der Waals surface area (Å²) in [6.45, 7) is 9.13. The summed E-state index contributed by atoms with van der Waals surface area (Å²) >= 11 is 0. The maximum atomic E-state index is 13.1. The lowest BCUT2D eigenvalue weighted by Crippen LogP contribution is -2.51. The fraction of sp³-hybridized carbons (Fsp3) is 0.667. The molecule has 2 N–H and O–H groups in total. The Morgan fingerprint density at radius 3 is 2.83 bits per heavy atom. The third kappa shape index (κ3) is 5.22. The summed E-state index contributed by atoms with van der Waals surface area (Å²) < 4.78 is 0. The number of nitrogens with one attached hydrogen (secondary N) is 2. The zero-order valence-electron chi connectivity index (χ0n) is 18.3. The Hall–Kier alpha value is -1.92. The average Bonchev–Trinajstić information content (AvgIpc) is 3.16. The highest BCUT2D eigenvalue weighted by Crippen LogP contribution is 2.38. The zero-order valence-corrected chi connectivity index (χ0v) is 18.3. The molecular weight excluding hydrogens is 376 g/mol. The van der Waals surface area contributed by atoms with Crippen molar-refractivity contribution in [3.8, 4) is 0 Å². The lowest BCUT2D eigenvalue weighted by molar-refractivity contribution is -0.134. The molecule has 0 bridgehead atoms. The SMILES string of the molecule is CC(=O)NCCC(=O)N1Cc2ccccc2CC2(CCCN(CC3CCNC3)C2)C1. The summed E-state index contributed by atoms with van der Waals surface area (Å²) in [7, 11) is 0. The van der Waals surface area contributed by atoms with Gasteiger partial charge in [0.05, 0.1) is 0 Å². The molecule has 3 aliphatic heterocycles. The number of carbonyl (C=O) groups excluding carboxylic acids is 2. The van der Waals surface area contributed by atoms with E-state index in [1.807, 2.05) is 0 Å². The first-order chi connectivity index (χ1) is 14.5. The van der Waals surface area contributed by atoms with Crippen molar-refractivity contribution >= 4 is 11.8 Å². The van der Waals surface area contributed by atoms with E-state index >= 15 is 0 Å². The number of fused-ring (bicyclic) bond motifs is 1. The topological polar surface area (TPSA) is 64.7 Å². The van der Waals surface area contributed by atoms with Crippen molar-refractivity contribution in [1.82, 2.24) is 20.4 Å². The molecule has 0 saturated carbocycles. The molecule has 0 aliphatic carbocycles. The summed E-state index contributed by atoms with van der Waals surface area (Å²) in [5.41, 5.74) is 2.80. The fourth-order valence-electron chi connectivity index (χ4n) is 5.67. The largest absolute Gasteiger partial charge is 0.356 e. The van der Waals surface area contributed by atoms with Gasteiger partial charge in [0.1, 0.15) is 0 Å². The molecular formula is C24H36N4O2. The lowest BCUT2D eigenvalue weighted by atomic mass is 9.74. The number of nitrogens with zero attached hydrogens (tertiary/aromatic N) is 2. The molecule has 2 saturated heterocycles. The van der Waals surface area contributed by atoms with Crippen molar-refractivity contribution in [3.63, 3.8) is 0 Å². The maximum Gasteiger partial charge on any atom is 0.224 e. The Balaban J connectivity index is 1.50.